The summed E-state index contributed by atoms with van der Waals surface area (Å²) >= 11 is 1.64. The van der Waals surface area contributed by atoms with Crippen LogP contribution < -0.4 is 9.54 Å². The maximum absolute atomic E-state index is 9.53. The highest BCUT2D eigenvalue weighted by Gasteiger charge is 2.12. The first-order chi connectivity index (χ1) is 12.1. The van der Waals surface area contributed by atoms with Gasteiger partial charge >= 0.3 is 0 Å². The van der Waals surface area contributed by atoms with Crippen LogP contribution in [-0.4, -0.2) is 23.4 Å². The topological polar surface area (TPSA) is 46.8 Å². The van der Waals surface area contributed by atoms with Crippen LogP contribution in [0.2, 0.25) is 0 Å². The minimum absolute atomic E-state index is 0.0699. The van der Waals surface area contributed by atoms with Gasteiger partial charge in [-0.05, 0) is 55.8 Å². The lowest BCUT2D eigenvalue weighted by Gasteiger charge is -2.09. The summed E-state index contributed by atoms with van der Waals surface area (Å²) in [5.41, 5.74) is 4.31. The average Bonchev–Trinajstić information content (AvgIpc) is 2.92. The summed E-state index contributed by atoms with van der Waals surface area (Å²) in [5, 5.41) is 9.53. The van der Waals surface area contributed by atoms with Gasteiger partial charge in [-0.2, -0.15) is 0 Å². The first kappa shape index (κ1) is 17.5. The molecule has 0 amide bonds. The Morgan fingerprint density at radius 3 is 2.32 bits per heavy atom. The number of hydrogen-bond donors (Lipinski definition) is 1. The van der Waals surface area contributed by atoms with Crippen LogP contribution in [0.4, 0.5) is 5.69 Å². The molecule has 25 heavy (non-hydrogen) atoms. The van der Waals surface area contributed by atoms with Crippen molar-refractivity contribution in [1.82, 2.24) is 4.57 Å². The van der Waals surface area contributed by atoms with E-state index in [0.29, 0.717) is 6.54 Å². The number of aryl methyl sites for hydroxylation is 2. The molecule has 5 heteroatoms. The molecule has 0 atom stereocenters. The summed E-state index contributed by atoms with van der Waals surface area (Å²) < 4.78 is 7.33. The minimum atomic E-state index is 0.0699. The number of thiazole rings is 1. The first-order valence-corrected chi connectivity index (χ1v) is 9.01. The molecule has 0 spiro atoms. The summed E-state index contributed by atoms with van der Waals surface area (Å²) in [6, 6.07) is 16.1. The second-order valence-corrected chi connectivity index (χ2v) is 7.02. The summed E-state index contributed by atoms with van der Waals surface area (Å²) in [4.78, 5) is 6.85. The average molecular weight is 354 g/mol. The Kier molecular flexibility index (Phi) is 5.36. The van der Waals surface area contributed by atoms with E-state index in [0.717, 1.165) is 27.5 Å². The number of rotatable bonds is 5. The van der Waals surface area contributed by atoms with Crippen LogP contribution in [0.3, 0.4) is 0 Å². The molecule has 0 fully saturated rings. The van der Waals surface area contributed by atoms with Crippen molar-refractivity contribution in [3.63, 3.8) is 0 Å². The lowest BCUT2D eigenvalue weighted by atomic mass is 10.1. The molecule has 0 aliphatic rings. The number of aromatic nitrogens is 1. The van der Waals surface area contributed by atoms with E-state index in [1.165, 1.54) is 10.4 Å². The maximum atomic E-state index is 9.53. The van der Waals surface area contributed by atoms with Crippen molar-refractivity contribution in [1.29, 1.82) is 0 Å². The maximum Gasteiger partial charge on any atom is 0.190 e. The molecule has 0 unspecified atom stereocenters. The fraction of sp³-hybridized carbons (Fsp3) is 0.250. The number of aliphatic hydroxyl groups is 1. The summed E-state index contributed by atoms with van der Waals surface area (Å²) in [6.45, 7) is 4.73. The summed E-state index contributed by atoms with van der Waals surface area (Å²) in [6.07, 6.45) is 0. The van der Waals surface area contributed by atoms with Gasteiger partial charge in [-0.25, -0.2) is 4.99 Å². The Bertz CT molecular complexity index is 906. The zero-order chi connectivity index (χ0) is 17.8. The van der Waals surface area contributed by atoms with Crippen LogP contribution in [0, 0.1) is 13.8 Å². The van der Waals surface area contributed by atoms with Crippen molar-refractivity contribution in [2.24, 2.45) is 4.99 Å². The molecule has 2 aromatic carbocycles. The third-order valence-corrected chi connectivity index (χ3v) is 5.02. The Labute approximate surface area is 151 Å². The predicted octanol–water partition coefficient (Wildman–Crippen LogP) is 4.07. The van der Waals surface area contributed by atoms with Crippen LogP contribution in [0.15, 0.2) is 53.5 Å². The fourth-order valence-corrected chi connectivity index (χ4v) is 3.80. The molecular formula is C20H22N2O2S. The molecule has 1 heterocycles. The smallest absolute Gasteiger partial charge is 0.190 e. The molecular weight excluding hydrogens is 332 g/mol. The van der Waals surface area contributed by atoms with Crippen molar-refractivity contribution in [2.75, 3.05) is 13.7 Å². The molecule has 0 radical (unpaired) electrons. The highest BCUT2D eigenvalue weighted by atomic mass is 32.1. The standard InChI is InChI=1S/C20H22N2O2S/c1-14-4-8-17(9-5-14)21-20-22(12-13-23)19(15(2)25-20)16-6-10-18(24-3)11-7-16/h4-11,23H,12-13H2,1-3H3. The third-order valence-electron chi connectivity index (χ3n) is 4.02. The quantitative estimate of drug-likeness (QED) is 0.751. The van der Waals surface area contributed by atoms with Crippen molar-refractivity contribution in [3.05, 3.63) is 63.8 Å². The summed E-state index contributed by atoms with van der Waals surface area (Å²) in [5.74, 6) is 0.829. The van der Waals surface area contributed by atoms with E-state index in [1.54, 1.807) is 18.4 Å². The van der Waals surface area contributed by atoms with Gasteiger partial charge in [0.1, 0.15) is 5.75 Å². The summed E-state index contributed by atoms with van der Waals surface area (Å²) in [7, 11) is 1.66. The van der Waals surface area contributed by atoms with Crippen molar-refractivity contribution in [3.8, 4) is 17.0 Å². The van der Waals surface area contributed by atoms with E-state index >= 15 is 0 Å². The first-order valence-electron chi connectivity index (χ1n) is 8.19. The Balaban J connectivity index is 2.12. The fourth-order valence-electron chi connectivity index (χ4n) is 2.75. The molecule has 1 N–H and O–H groups in total. The van der Waals surface area contributed by atoms with Crippen LogP contribution in [0.5, 0.6) is 5.75 Å². The van der Waals surface area contributed by atoms with Gasteiger partial charge in [0.2, 0.25) is 0 Å². The lowest BCUT2D eigenvalue weighted by molar-refractivity contribution is 0.275. The monoisotopic (exact) mass is 354 g/mol. The molecule has 0 bridgehead atoms. The minimum Gasteiger partial charge on any atom is -0.497 e. The number of nitrogens with zero attached hydrogens (tertiary/aromatic N) is 2. The number of ether oxygens (including phenoxy) is 1. The zero-order valence-electron chi connectivity index (χ0n) is 14.7. The second-order valence-electron chi connectivity index (χ2n) is 5.84. The van der Waals surface area contributed by atoms with Gasteiger partial charge < -0.3 is 14.4 Å². The van der Waals surface area contributed by atoms with Gasteiger partial charge in [-0.1, -0.05) is 17.7 Å². The van der Waals surface area contributed by atoms with E-state index in [2.05, 4.69) is 30.5 Å². The molecule has 3 rings (SSSR count). The number of methoxy groups -OCH3 is 1. The van der Waals surface area contributed by atoms with Gasteiger partial charge in [-0.3, -0.25) is 0 Å². The largest absolute Gasteiger partial charge is 0.497 e. The van der Waals surface area contributed by atoms with E-state index in [9.17, 15) is 5.11 Å². The normalized spacial score (nSPS) is 11.8. The van der Waals surface area contributed by atoms with Crippen LogP contribution >= 0.6 is 11.3 Å². The number of aliphatic hydroxyl groups excluding tert-OH is 1. The van der Waals surface area contributed by atoms with Gasteiger partial charge in [0.15, 0.2) is 4.80 Å². The molecule has 4 nitrogen and oxygen atoms in total. The number of benzene rings is 2. The van der Waals surface area contributed by atoms with Gasteiger partial charge in [0.05, 0.1) is 25.1 Å². The van der Waals surface area contributed by atoms with Crippen molar-refractivity contribution in [2.45, 2.75) is 20.4 Å². The zero-order valence-corrected chi connectivity index (χ0v) is 15.5. The van der Waals surface area contributed by atoms with E-state index in [1.807, 2.05) is 36.4 Å². The van der Waals surface area contributed by atoms with Gasteiger partial charge in [0, 0.05) is 11.4 Å². The van der Waals surface area contributed by atoms with Gasteiger partial charge in [-0.15, -0.1) is 11.3 Å². The van der Waals surface area contributed by atoms with E-state index in [-0.39, 0.29) is 6.61 Å². The molecule has 0 aliphatic heterocycles. The van der Waals surface area contributed by atoms with Crippen LogP contribution in [0.1, 0.15) is 10.4 Å². The second kappa shape index (κ2) is 7.68. The predicted molar refractivity (Wildman–Crippen MR) is 103 cm³/mol. The Morgan fingerprint density at radius 1 is 1.04 bits per heavy atom. The van der Waals surface area contributed by atoms with Crippen molar-refractivity contribution < 1.29 is 9.84 Å². The molecule has 0 aliphatic carbocycles. The third kappa shape index (κ3) is 3.83. The van der Waals surface area contributed by atoms with E-state index in [4.69, 9.17) is 9.73 Å². The number of hydrogen-bond acceptors (Lipinski definition) is 4. The Morgan fingerprint density at radius 2 is 1.72 bits per heavy atom. The highest BCUT2D eigenvalue weighted by Crippen LogP contribution is 2.27. The molecule has 0 saturated heterocycles. The van der Waals surface area contributed by atoms with Crippen molar-refractivity contribution >= 4 is 17.0 Å². The van der Waals surface area contributed by atoms with Crippen LogP contribution in [-0.2, 0) is 6.54 Å². The molecule has 1 aromatic heterocycles. The molecule has 0 saturated carbocycles. The molecule has 3 aromatic rings. The van der Waals surface area contributed by atoms with Gasteiger partial charge in [0.25, 0.3) is 0 Å². The molecule has 130 valence electrons. The van der Waals surface area contributed by atoms with Crippen LogP contribution in [0.25, 0.3) is 11.3 Å². The Hall–Kier alpha value is -2.37. The SMILES string of the molecule is COc1ccc(-c2c(C)sc(=Nc3ccc(C)cc3)n2CCO)cc1. The lowest BCUT2D eigenvalue weighted by Crippen LogP contribution is -2.18. The highest BCUT2D eigenvalue weighted by molar-refractivity contribution is 7.09. The van der Waals surface area contributed by atoms with E-state index < -0.39 is 0 Å².